The van der Waals surface area contributed by atoms with Crippen molar-refractivity contribution in [3.63, 3.8) is 0 Å². The van der Waals surface area contributed by atoms with Crippen LogP contribution in [0, 0.1) is 5.41 Å². The third-order valence-corrected chi connectivity index (χ3v) is 6.30. The highest BCUT2D eigenvalue weighted by Gasteiger charge is 2.37. The predicted octanol–water partition coefficient (Wildman–Crippen LogP) is 3.22. The van der Waals surface area contributed by atoms with Crippen LogP contribution in [0.1, 0.15) is 64.2 Å². The lowest BCUT2D eigenvalue weighted by atomic mass is 9.71. The largest absolute Gasteiger partial charge is 0.341 e. The van der Waals surface area contributed by atoms with E-state index in [1.54, 1.807) is 0 Å². The topological polar surface area (TPSA) is 49.6 Å². The van der Waals surface area contributed by atoms with Gasteiger partial charge in [-0.25, -0.2) is 0 Å². The fourth-order valence-corrected chi connectivity index (χ4v) is 4.74. The molecule has 142 valence electrons. The van der Waals surface area contributed by atoms with Crippen molar-refractivity contribution in [2.45, 2.75) is 70.3 Å². The SMILES string of the molecule is Cl.Cl.NCC1(CC(=O)N2CCC(N3CCCCC3)C2)CCCCC1. The van der Waals surface area contributed by atoms with Crippen molar-refractivity contribution in [2.75, 3.05) is 32.7 Å². The van der Waals surface area contributed by atoms with E-state index < -0.39 is 0 Å². The van der Waals surface area contributed by atoms with Crippen LogP contribution in [0.3, 0.4) is 0 Å². The van der Waals surface area contributed by atoms with Gasteiger partial charge in [0.25, 0.3) is 0 Å². The molecule has 6 heteroatoms. The molecule has 4 nitrogen and oxygen atoms in total. The highest BCUT2D eigenvalue weighted by molar-refractivity contribution is 5.85. The lowest BCUT2D eigenvalue weighted by Crippen LogP contribution is -2.43. The molecule has 0 radical (unpaired) electrons. The molecule has 0 aromatic heterocycles. The van der Waals surface area contributed by atoms with Crippen molar-refractivity contribution < 1.29 is 4.79 Å². The molecule has 0 spiro atoms. The zero-order valence-corrected chi connectivity index (χ0v) is 16.5. The minimum atomic E-state index is 0. The van der Waals surface area contributed by atoms with E-state index in [-0.39, 0.29) is 30.2 Å². The normalized spacial score (nSPS) is 27.2. The maximum Gasteiger partial charge on any atom is 0.223 e. The standard InChI is InChI=1S/C18H33N3O.2ClH/c19-15-18(8-3-1-4-9-18)13-17(22)21-12-7-16(14-21)20-10-5-2-6-11-20;;/h16H,1-15,19H2;2*1H. The zero-order valence-electron chi connectivity index (χ0n) is 14.9. The molecule has 1 atom stereocenters. The van der Waals surface area contributed by atoms with Gasteiger partial charge in [-0.2, -0.15) is 0 Å². The van der Waals surface area contributed by atoms with Gasteiger partial charge in [0.15, 0.2) is 0 Å². The average Bonchev–Trinajstić information content (AvgIpc) is 3.07. The number of halogens is 2. The van der Waals surface area contributed by atoms with Crippen LogP contribution < -0.4 is 5.73 Å². The van der Waals surface area contributed by atoms with Gasteiger partial charge in [0.05, 0.1) is 0 Å². The Balaban J connectivity index is 0.00000144. The second kappa shape index (κ2) is 10.2. The smallest absolute Gasteiger partial charge is 0.223 e. The van der Waals surface area contributed by atoms with Gasteiger partial charge in [-0.05, 0) is 57.2 Å². The molecule has 2 heterocycles. The minimum Gasteiger partial charge on any atom is -0.341 e. The molecule has 3 rings (SSSR count). The van der Waals surface area contributed by atoms with Crippen molar-refractivity contribution >= 4 is 30.7 Å². The molecule has 1 aliphatic carbocycles. The Bertz CT molecular complexity index is 382. The van der Waals surface area contributed by atoms with E-state index in [0.717, 1.165) is 25.9 Å². The second-order valence-electron chi connectivity index (χ2n) is 7.82. The first-order valence-electron chi connectivity index (χ1n) is 9.44. The molecule has 24 heavy (non-hydrogen) atoms. The number of hydrogen-bond acceptors (Lipinski definition) is 3. The Labute approximate surface area is 159 Å². The molecular formula is C18H35Cl2N3O. The second-order valence-corrected chi connectivity index (χ2v) is 7.82. The number of likely N-dealkylation sites (tertiary alicyclic amines) is 2. The molecule has 0 aromatic rings. The summed E-state index contributed by atoms with van der Waals surface area (Å²) in [7, 11) is 0. The molecule has 0 bridgehead atoms. The number of nitrogens with two attached hydrogens (primary N) is 1. The summed E-state index contributed by atoms with van der Waals surface area (Å²) in [4.78, 5) is 17.5. The van der Waals surface area contributed by atoms with Crippen LogP contribution in [-0.2, 0) is 4.79 Å². The molecule has 2 aliphatic heterocycles. The zero-order chi connectivity index (χ0) is 15.4. The van der Waals surface area contributed by atoms with E-state index in [4.69, 9.17) is 5.73 Å². The quantitative estimate of drug-likeness (QED) is 0.815. The lowest BCUT2D eigenvalue weighted by molar-refractivity contribution is -0.133. The molecule has 2 N–H and O–H groups in total. The summed E-state index contributed by atoms with van der Waals surface area (Å²) in [5, 5.41) is 0. The maximum atomic E-state index is 12.8. The first kappa shape index (κ1) is 22.0. The van der Waals surface area contributed by atoms with E-state index in [1.807, 2.05) is 0 Å². The fourth-order valence-electron chi connectivity index (χ4n) is 4.74. The third-order valence-electron chi connectivity index (χ3n) is 6.30. The number of carbonyl (C=O) groups is 1. The van der Waals surface area contributed by atoms with Gasteiger partial charge in [0, 0.05) is 25.6 Å². The van der Waals surface area contributed by atoms with Crippen molar-refractivity contribution in [3.05, 3.63) is 0 Å². The predicted molar refractivity (Wildman–Crippen MR) is 104 cm³/mol. The first-order valence-corrected chi connectivity index (χ1v) is 9.44. The van der Waals surface area contributed by atoms with Crippen LogP contribution in [0.15, 0.2) is 0 Å². The van der Waals surface area contributed by atoms with Gasteiger partial charge in [0.1, 0.15) is 0 Å². The Morgan fingerprint density at radius 3 is 2.21 bits per heavy atom. The minimum absolute atomic E-state index is 0. The summed E-state index contributed by atoms with van der Waals surface area (Å²) >= 11 is 0. The number of amides is 1. The molecule has 2 saturated heterocycles. The molecule has 3 aliphatic rings. The number of piperidine rings is 1. The fraction of sp³-hybridized carbons (Fsp3) is 0.944. The van der Waals surface area contributed by atoms with Gasteiger partial charge >= 0.3 is 0 Å². The van der Waals surface area contributed by atoms with Gasteiger partial charge in [-0.15, -0.1) is 24.8 Å². The summed E-state index contributed by atoms with van der Waals surface area (Å²) in [6.07, 6.45) is 12.0. The van der Waals surface area contributed by atoms with Gasteiger partial charge in [-0.3, -0.25) is 9.69 Å². The van der Waals surface area contributed by atoms with Gasteiger partial charge in [-0.1, -0.05) is 25.7 Å². The number of carbonyl (C=O) groups excluding carboxylic acids is 1. The lowest BCUT2D eigenvalue weighted by Gasteiger charge is -2.37. The van der Waals surface area contributed by atoms with Crippen molar-refractivity contribution in [3.8, 4) is 0 Å². The summed E-state index contributed by atoms with van der Waals surface area (Å²) in [5.41, 5.74) is 6.16. The third kappa shape index (κ3) is 5.23. The van der Waals surface area contributed by atoms with E-state index >= 15 is 0 Å². The van der Waals surface area contributed by atoms with E-state index in [1.165, 1.54) is 58.0 Å². The average molecular weight is 380 g/mol. The Morgan fingerprint density at radius 2 is 1.58 bits per heavy atom. The van der Waals surface area contributed by atoms with Crippen molar-refractivity contribution in [2.24, 2.45) is 11.1 Å². The Kier molecular flexibility index (Phi) is 9.35. The Hall–Kier alpha value is -0.0300. The van der Waals surface area contributed by atoms with Crippen LogP contribution in [0.4, 0.5) is 0 Å². The van der Waals surface area contributed by atoms with Gasteiger partial charge < -0.3 is 10.6 Å². The van der Waals surface area contributed by atoms with Crippen LogP contribution in [-0.4, -0.2) is 54.5 Å². The summed E-state index contributed by atoms with van der Waals surface area (Å²) in [5.74, 6) is 0.367. The molecule has 1 amide bonds. The monoisotopic (exact) mass is 379 g/mol. The first-order chi connectivity index (χ1) is 10.7. The highest BCUT2D eigenvalue weighted by Crippen LogP contribution is 2.39. The molecule has 3 fully saturated rings. The summed E-state index contributed by atoms with van der Waals surface area (Å²) < 4.78 is 0. The number of nitrogens with zero attached hydrogens (tertiary/aromatic N) is 2. The highest BCUT2D eigenvalue weighted by atomic mass is 35.5. The van der Waals surface area contributed by atoms with Gasteiger partial charge in [0.2, 0.25) is 5.91 Å². The Morgan fingerprint density at radius 1 is 0.958 bits per heavy atom. The number of rotatable bonds is 4. The van der Waals surface area contributed by atoms with E-state index in [9.17, 15) is 4.79 Å². The van der Waals surface area contributed by atoms with E-state index in [0.29, 0.717) is 24.9 Å². The van der Waals surface area contributed by atoms with Crippen LogP contribution in [0.2, 0.25) is 0 Å². The van der Waals surface area contributed by atoms with Crippen LogP contribution in [0.25, 0.3) is 0 Å². The molecular weight excluding hydrogens is 345 g/mol. The molecule has 1 unspecified atom stereocenters. The molecule has 0 aromatic carbocycles. The maximum absolute atomic E-state index is 12.8. The van der Waals surface area contributed by atoms with E-state index in [2.05, 4.69) is 9.80 Å². The number of hydrogen-bond donors (Lipinski definition) is 1. The van der Waals surface area contributed by atoms with Crippen LogP contribution in [0.5, 0.6) is 0 Å². The summed E-state index contributed by atoms with van der Waals surface area (Å²) in [6, 6.07) is 0.615. The summed E-state index contributed by atoms with van der Waals surface area (Å²) in [6.45, 7) is 5.07. The van der Waals surface area contributed by atoms with Crippen molar-refractivity contribution in [1.29, 1.82) is 0 Å². The van der Waals surface area contributed by atoms with Crippen molar-refractivity contribution in [1.82, 2.24) is 9.80 Å². The molecule has 1 saturated carbocycles. The van der Waals surface area contributed by atoms with Crippen LogP contribution >= 0.6 is 24.8 Å².